The highest BCUT2D eigenvalue weighted by atomic mass is 16.6. The molecule has 4 amide bonds. The molecule has 0 saturated carbocycles. The number of nitrogens with one attached hydrogen (secondary N) is 1. The molecule has 0 aromatic heterocycles. The van der Waals surface area contributed by atoms with Crippen LogP contribution in [0.15, 0.2) is 78.9 Å². The number of aliphatic carboxylic acids is 2. The summed E-state index contributed by atoms with van der Waals surface area (Å²) in [5.41, 5.74) is 9.76. The molecule has 3 aromatic carbocycles. The maximum atomic E-state index is 14.6. The second kappa shape index (κ2) is 58.8. The lowest BCUT2D eigenvalue weighted by molar-refractivity contribution is -0.151. The van der Waals surface area contributed by atoms with Gasteiger partial charge in [0.05, 0.1) is 207 Å². The summed E-state index contributed by atoms with van der Waals surface area (Å²) in [5.74, 6) is -5.57. The number of hydrogen-bond donors (Lipinski definition) is 4. The van der Waals surface area contributed by atoms with E-state index in [4.69, 9.17) is 81.9 Å². The van der Waals surface area contributed by atoms with Gasteiger partial charge in [-0.25, -0.2) is 4.79 Å². The summed E-state index contributed by atoms with van der Waals surface area (Å²) >= 11 is 0. The Hall–Kier alpha value is -6.98. The van der Waals surface area contributed by atoms with Crippen molar-refractivity contribution in [3.05, 3.63) is 95.6 Å². The van der Waals surface area contributed by atoms with E-state index in [1.165, 1.54) is 41.4 Å². The van der Waals surface area contributed by atoms with E-state index < -0.39 is 65.6 Å². The summed E-state index contributed by atoms with van der Waals surface area (Å²) in [4.78, 5) is 110. The summed E-state index contributed by atoms with van der Waals surface area (Å²) in [5, 5.41) is 21.1. The van der Waals surface area contributed by atoms with Gasteiger partial charge in [-0.05, 0) is 72.8 Å². The van der Waals surface area contributed by atoms with Crippen molar-refractivity contribution in [2.75, 3.05) is 207 Å². The summed E-state index contributed by atoms with van der Waals surface area (Å²) in [6.45, 7) is 24.0. The zero-order valence-electron chi connectivity index (χ0n) is 70.1. The van der Waals surface area contributed by atoms with Crippen molar-refractivity contribution in [3.8, 4) is 11.1 Å². The number of amides is 4. The fraction of sp³-hybridized carbons (Fsp3) is 0.694. The molecule has 30 nitrogen and oxygen atoms in total. The standard InChI is InChI=1S/C54H93N5O15.C31H42O10/c1-12-39(4)49(45(67-10)37-48(62)59-22-16-19-44(59)50(68-11)40(5)51(63)56-43(53(65)66)35-41-17-14-13-15-18-41)57(8)52(64)42(38(2)3)36-46(60)54(6,7)58(9)47(61)20-23-69-25-27-71-29-31-73-33-34-74-32-30-72-28-26-70-24-21-55;32-30(33)11-13-36-15-17-38-19-21-40-23-22-39-20-18-37-16-14-35-12-5-10-31(34)41-24-29-27-8-3-1-6-25(27)26-7-2-4-9-28(26)29/h13-15,17-18,38-40,42-45,49-50H,12,16,19-37,55H2,1-11H3,(H,56,63)(H,65,66);1-4,6-9,29H,5,10-24H2,(H,32,33)/t39-,40+,42-,43-,44-,45+,49-,50?;/m0./s1. The van der Waals surface area contributed by atoms with E-state index in [1.807, 2.05) is 70.2 Å². The quantitative estimate of drug-likeness (QED) is 0.0317. The number of fused-ring (bicyclic) bond motifs is 3. The predicted molar refractivity (Wildman–Crippen MR) is 430 cm³/mol. The van der Waals surface area contributed by atoms with Crippen molar-refractivity contribution < 1.29 is 120 Å². The minimum Gasteiger partial charge on any atom is -0.481 e. The maximum Gasteiger partial charge on any atom is 0.326 e. The zero-order valence-corrected chi connectivity index (χ0v) is 70.1. The van der Waals surface area contributed by atoms with Crippen LogP contribution in [0.1, 0.15) is 129 Å². The van der Waals surface area contributed by atoms with Crippen LogP contribution < -0.4 is 11.1 Å². The fourth-order valence-electron chi connectivity index (χ4n) is 13.5. The number of carboxylic acids is 2. The number of nitrogens with two attached hydrogens (primary N) is 1. The van der Waals surface area contributed by atoms with Gasteiger partial charge in [0.15, 0.2) is 5.78 Å². The van der Waals surface area contributed by atoms with E-state index >= 15 is 0 Å². The average Bonchev–Trinajstić information content (AvgIpc) is 1.61. The molecular formula is C85H135N5O25. The number of carbonyl (C=O) groups is 8. The number of Topliss-reactive ketones (excluding diaryl/α,β-unsaturated/α-hetero) is 1. The first-order valence-corrected chi connectivity index (χ1v) is 40.6. The van der Waals surface area contributed by atoms with Crippen molar-refractivity contribution in [3.63, 3.8) is 0 Å². The van der Waals surface area contributed by atoms with Gasteiger partial charge in [-0.2, -0.15) is 0 Å². The Morgan fingerprint density at radius 1 is 0.574 bits per heavy atom. The summed E-state index contributed by atoms with van der Waals surface area (Å²) in [7, 11) is 6.28. The van der Waals surface area contributed by atoms with Crippen LogP contribution in [0.5, 0.6) is 0 Å². The number of rotatable bonds is 65. The van der Waals surface area contributed by atoms with Crippen molar-refractivity contribution in [2.24, 2.45) is 29.4 Å². The van der Waals surface area contributed by atoms with Gasteiger partial charge in [-0.1, -0.05) is 120 Å². The smallest absolute Gasteiger partial charge is 0.326 e. The Morgan fingerprint density at radius 3 is 1.47 bits per heavy atom. The molecule has 115 heavy (non-hydrogen) atoms. The van der Waals surface area contributed by atoms with Crippen LogP contribution in [0, 0.1) is 23.7 Å². The van der Waals surface area contributed by atoms with Crippen LogP contribution in [-0.4, -0.2) is 315 Å². The Labute approximate surface area is 681 Å². The first-order chi connectivity index (χ1) is 55.4. The monoisotopic (exact) mass is 1630 g/mol. The molecule has 1 fully saturated rings. The van der Waals surface area contributed by atoms with Crippen molar-refractivity contribution in [1.29, 1.82) is 0 Å². The highest BCUT2D eigenvalue weighted by Crippen LogP contribution is 2.44. The number of hydrogen-bond acceptors (Lipinski definition) is 24. The fourth-order valence-corrected chi connectivity index (χ4v) is 13.5. The number of carboxylic acid groups (broad SMARTS) is 2. The maximum absolute atomic E-state index is 14.6. The molecule has 3 aromatic rings. The molecule has 1 unspecified atom stereocenters. The van der Waals surface area contributed by atoms with Crippen LogP contribution in [0.2, 0.25) is 0 Å². The number of methoxy groups -OCH3 is 2. The summed E-state index contributed by atoms with van der Waals surface area (Å²) in [6.07, 6.45) is 1.37. The molecule has 0 spiro atoms. The lowest BCUT2D eigenvalue weighted by Gasteiger charge is -2.41. The molecule has 0 radical (unpaired) electrons. The number of esters is 1. The van der Waals surface area contributed by atoms with Crippen LogP contribution in [0.4, 0.5) is 0 Å². The SMILES string of the molecule is CC[C@H](C)[C@@H]([C@@H](CC(=O)N1CCC[C@H]1C(OC)[C@@H](C)C(=O)N[C@@H](Cc1ccccc1)C(=O)O)OC)N(C)C(=O)[C@@H](CC(=O)C(C)(C)N(C)C(=O)CCOCCOCCOCCOCCOCCOCCN)C(C)C.O=C(O)CCOCCOCCOCCOCCOCCOCCCC(=O)OCC1c2ccccc2-c2ccccc21. The number of likely N-dealkylation sites (N-methyl/N-ethyl adjacent to an activating group) is 2. The molecule has 5 N–H and O–H groups in total. The minimum atomic E-state index is -1.23. The number of nitrogens with zero attached hydrogens (tertiary/aromatic N) is 3. The first kappa shape index (κ1) is 100. The zero-order chi connectivity index (χ0) is 84.2. The molecular weight excluding hydrogens is 1490 g/mol. The third-order valence-electron chi connectivity index (χ3n) is 20.5. The van der Waals surface area contributed by atoms with Crippen LogP contribution in [0.25, 0.3) is 11.1 Å². The van der Waals surface area contributed by atoms with Gasteiger partial charge in [0.1, 0.15) is 12.6 Å². The molecule has 8 atom stereocenters. The largest absolute Gasteiger partial charge is 0.481 e. The second-order valence-corrected chi connectivity index (χ2v) is 29.2. The predicted octanol–water partition coefficient (Wildman–Crippen LogP) is 7.33. The molecule has 1 aliphatic carbocycles. The Bertz CT molecular complexity index is 3180. The average molecular weight is 1630 g/mol. The molecule has 30 heteroatoms. The normalized spacial score (nSPS) is 15.2. The van der Waals surface area contributed by atoms with Gasteiger partial charge < -0.3 is 107 Å². The summed E-state index contributed by atoms with van der Waals surface area (Å²) in [6, 6.07) is 23.5. The van der Waals surface area contributed by atoms with E-state index in [9.17, 15) is 43.5 Å². The third kappa shape index (κ3) is 37.7. The molecule has 1 saturated heterocycles. The van der Waals surface area contributed by atoms with Crippen LogP contribution in [0.3, 0.4) is 0 Å². The van der Waals surface area contributed by atoms with Gasteiger partial charge >= 0.3 is 17.9 Å². The van der Waals surface area contributed by atoms with Gasteiger partial charge in [0.2, 0.25) is 23.6 Å². The molecule has 2 aliphatic rings. The van der Waals surface area contributed by atoms with Gasteiger partial charge in [-0.3, -0.25) is 33.6 Å². The molecule has 1 aliphatic heterocycles. The number of ether oxygens (including phenoxy) is 15. The van der Waals surface area contributed by atoms with E-state index in [0.29, 0.717) is 191 Å². The van der Waals surface area contributed by atoms with Crippen molar-refractivity contribution in [2.45, 2.75) is 154 Å². The highest BCUT2D eigenvalue weighted by molar-refractivity contribution is 5.95. The van der Waals surface area contributed by atoms with E-state index in [2.05, 4.69) is 29.6 Å². The Kier molecular flexibility index (Phi) is 51.3. The number of carbonyl (C=O) groups excluding carboxylic acids is 6. The van der Waals surface area contributed by atoms with Crippen molar-refractivity contribution >= 4 is 47.3 Å². The molecule has 1 heterocycles. The second-order valence-electron chi connectivity index (χ2n) is 29.2. The van der Waals surface area contributed by atoms with Gasteiger partial charge in [0, 0.05) is 79.1 Å². The van der Waals surface area contributed by atoms with Gasteiger partial charge in [-0.15, -0.1) is 0 Å². The molecule has 650 valence electrons. The Morgan fingerprint density at radius 2 is 1.03 bits per heavy atom. The van der Waals surface area contributed by atoms with E-state index in [1.54, 1.807) is 56.8 Å². The van der Waals surface area contributed by atoms with E-state index in [0.717, 1.165) is 5.56 Å². The topological polar surface area (TPSA) is 363 Å². The number of ketones is 1. The number of benzene rings is 3. The molecule has 5 rings (SSSR count). The molecule has 0 bridgehead atoms. The van der Waals surface area contributed by atoms with Crippen LogP contribution >= 0.6 is 0 Å². The van der Waals surface area contributed by atoms with Crippen LogP contribution in [-0.2, 0) is 116 Å². The minimum absolute atomic E-state index is 0.00452. The Balaban J connectivity index is 0.000000569. The first-order valence-electron chi connectivity index (χ1n) is 40.6. The van der Waals surface area contributed by atoms with Gasteiger partial charge in [0.25, 0.3) is 0 Å². The highest BCUT2D eigenvalue weighted by Gasteiger charge is 2.45. The summed E-state index contributed by atoms with van der Waals surface area (Å²) < 4.78 is 82.7. The van der Waals surface area contributed by atoms with Crippen molar-refractivity contribution in [1.82, 2.24) is 20.0 Å². The lowest BCUT2D eigenvalue weighted by atomic mass is 9.82. The van der Waals surface area contributed by atoms with E-state index in [-0.39, 0.29) is 99.2 Å². The lowest BCUT2D eigenvalue weighted by Crippen LogP contribution is -2.55. The third-order valence-corrected chi connectivity index (χ3v) is 20.5. The number of likely N-dealkylation sites (tertiary alicyclic amines) is 1.